The van der Waals surface area contributed by atoms with E-state index in [4.69, 9.17) is 23.7 Å². The van der Waals surface area contributed by atoms with Crippen LogP contribution in [0.5, 0.6) is 17.2 Å². The molecule has 13 nitrogen and oxygen atoms in total. The maximum atomic E-state index is 13.5. The average molecular weight is 1160 g/mol. The van der Waals surface area contributed by atoms with Crippen molar-refractivity contribution >= 4 is 82.0 Å². The van der Waals surface area contributed by atoms with E-state index in [1.165, 1.54) is 45.5 Å². The van der Waals surface area contributed by atoms with E-state index in [0.29, 0.717) is 55.0 Å². The van der Waals surface area contributed by atoms with Crippen LogP contribution in [0.25, 0.3) is 0 Å². The van der Waals surface area contributed by atoms with Crippen molar-refractivity contribution in [3.05, 3.63) is 161 Å². The highest BCUT2D eigenvalue weighted by Crippen LogP contribution is 2.36. The van der Waals surface area contributed by atoms with Crippen LogP contribution in [0.3, 0.4) is 0 Å². The fourth-order valence-electron chi connectivity index (χ4n) is 9.54. The van der Waals surface area contributed by atoms with Gasteiger partial charge in [-0.15, -0.1) is 35.3 Å². The van der Waals surface area contributed by atoms with Gasteiger partial charge < -0.3 is 38.4 Å². The Morgan fingerprint density at radius 2 is 0.852 bits per heavy atom. The number of ether oxygens (including phenoxy) is 5. The van der Waals surface area contributed by atoms with Gasteiger partial charge in [0.05, 0.1) is 62.7 Å². The number of rotatable bonds is 22. The molecule has 3 aliphatic rings. The Hall–Kier alpha value is -6.95. The summed E-state index contributed by atoms with van der Waals surface area (Å²) >= 11 is 4.85. The van der Waals surface area contributed by atoms with Crippen LogP contribution in [-0.2, 0) is 43.1 Å². The van der Waals surface area contributed by atoms with Crippen LogP contribution in [0, 0.1) is 12.7 Å². The Kier molecular flexibility index (Phi) is 23.8. The summed E-state index contributed by atoms with van der Waals surface area (Å²) in [7, 11) is 4.90. The molecule has 3 amide bonds. The summed E-state index contributed by atoms with van der Waals surface area (Å²) in [5, 5.41) is 0. The molecule has 3 heterocycles. The van der Waals surface area contributed by atoms with Gasteiger partial charge in [0.25, 0.3) is 0 Å². The molecular formula is C64H72FN3O10S3. The second-order valence-electron chi connectivity index (χ2n) is 19.1. The molecule has 0 saturated heterocycles. The largest absolute Gasteiger partial charge is 0.497 e. The maximum absolute atomic E-state index is 13.5. The Bertz CT molecular complexity index is 3140. The predicted molar refractivity (Wildman–Crippen MR) is 323 cm³/mol. The molecule has 0 radical (unpaired) electrons. The first-order valence-corrected chi connectivity index (χ1v) is 30.4. The number of carbonyl (C=O) groups is 5. The molecule has 0 aliphatic carbocycles. The smallest absolute Gasteiger partial charge is 0.339 e. The highest BCUT2D eigenvalue weighted by molar-refractivity contribution is 7.99. The highest BCUT2D eigenvalue weighted by atomic mass is 32.2. The van der Waals surface area contributed by atoms with Gasteiger partial charge in [0.15, 0.2) is 0 Å². The van der Waals surface area contributed by atoms with Crippen molar-refractivity contribution in [2.45, 2.75) is 93.2 Å². The number of benzene rings is 6. The summed E-state index contributed by atoms with van der Waals surface area (Å²) in [4.78, 5) is 70.4. The first-order valence-electron chi connectivity index (χ1n) is 27.4. The number of esters is 2. The second kappa shape index (κ2) is 31.3. The number of halogens is 1. The minimum atomic E-state index is -0.534. The molecule has 6 aromatic rings. The number of amides is 3. The van der Waals surface area contributed by atoms with Crippen LogP contribution >= 0.6 is 35.3 Å². The van der Waals surface area contributed by atoms with E-state index in [-0.39, 0.29) is 35.9 Å². The Morgan fingerprint density at radius 3 is 1.27 bits per heavy atom. The van der Waals surface area contributed by atoms with Gasteiger partial charge in [-0.25, -0.2) is 14.0 Å². The molecule has 9 rings (SSSR count). The fourth-order valence-corrected chi connectivity index (χ4v) is 12.5. The number of fused-ring (bicyclic) bond motifs is 3. The number of hydrogen-bond acceptors (Lipinski definition) is 13. The van der Waals surface area contributed by atoms with Crippen molar-refractivity contribution in [1.82, 2.24) is 0 Å². The number of carbonyl (C=O) groups excluding carboxylic acids is 5. The van der Waals surface area contributed by atoms with Crippen LogP contribution in [0.2, 0.25) is 0 Å². The maximum Gasteiger partial charge on any atom is 0.339 e. The predicted octanol–water partition coefficient (Wildman–Crippen LogP) is 13.3. The minimum Gasteiger partial charge on any atom is -0.497 e. The van der Waals surface area contributed by atoms with Crippen LogP contribution in [0.15, 0.2) is 136 Å². The van der Waals surface area contributed by atoms with Gasteiger partial charge in [0.2, 0.25) is 17.7 Å². The zero-order valence-corrected chi connectivity index (χ0v) is 49.5. The molecule has 0 atom stereocenters. The van der Waals surface area contributed by atoms with E-state index in [1.807, 2.05) is 93.2 Å². The van der Waals surface area contributed by atoms with Crippen LogP contribution < -0.4 is 28.9 Å². The van der Waals surface area contributed by atoms with Crippen molar-refractivity contribution in [3.8, 4) is 17.2 Å². The van der Waals surface area contributed by atoms with Gasteiger partial charge in [0, 0.05) is 71.8 Å². The monoisotopic (exact) mass is 1160 g/mol. The average Bonchev–Trinajstić information content (AvgIpc) is 4.27. The third kappa shape index (κ3) is 17.1. The van der Waals surface area contributed by atoms with E-state index in [2.05, 4.69) is 37.3 Å². The lowest BCUT2D eigenvalue weighted by atomic mass is 10.1. The number of aryl methyl sites for hydroxylation is 1. The summed E-state index contributed by atoms with van der Waals surface area (Å²) in [6, 6.07) is 37.6. The van der Waals surface area contributed by atoms with E-state index >= 15 is 0 Å². The molecule has 428 valence electrons. The van der Waals surface area contributed by atoms with Gasteiger partial charge in [-0.3, -0.25) is 14.4 Å². The SMILES string of the molecule is CCOC(=O)c1cc(F)ccc1SCCCC(=O)N1CCc2ccc(OC)cc21.CCOC(=O)c1ccccc1SCCCC(=O)N1CCc2ccc(OC)cc21.COc1ccc2c(c1)N(C(=O)CCCSc1ccccc1C)CC2. The normalized spacial score (nSPS) is 12.7. The fraction of sp³-hybridized carbons (Fsp3) is 0.359. The van der Waals surface area contributed by atoms with Crippen molar-refractivity contribution in [2.24, 2.45) is 0 Å². The van der Waals surface area contributed by atoms with Gasteiger partial charge >= 0.3 is 11.9 Å². The van der Waals surface area contributed by atoms with Gasteiger partial charge in [-0.2, -0.15) is 0 Å². The molecule has 0 aromatic heterocycles. The molecule has 17 heteroatoms. The molecule has 0 bridgehead atoms. The van der Waals surface area contributed by atoms with Gasteiger partial charge in [0.1, 0.15) is 23.1 Å². The minimum absolute atomic E-state index is 0.0716. The third-order valence-corrected chi connectivity index (χ3v) is 17.3. The zero-order valence-electron chi connectivity index (χ0n) is 47.1. The second-order valence-corrected chi connectivity index (χ2v) is 22.5. The highest BCUT2D eigenvalue weighted by Gasteiger charge is 2.28. The van der Waals surface area contributed by atoms with Crippen LogP contribution in [0.4, 0.5) is 21.5 Å². The molecule has 0 N–H and O–H groups in total. The summed E-state index contributed by atoms with van der Waals surface area (Å²) in [6.07, 6.45) is 6.43. The number of methoxy groups -OCH3 is 3. The lowest BCUT2D eigenvalue weighted by molar-refractivity contribution is -0.119. The van der Waals surface area contributed by atoms with E-state index in [9.17, 15) is 28.4 Å². The Labute approximate surface area is 488 Å². The van der Waals surface area contributed by atoms with E-state index in [0.717, 1.165) is 101 Å². The number of anilines is 3. The van der Waals surface area contributed by atoms with Crippen molar-refractivity contribution in [1.29, 1.82) is 0 Å². The summed E-state index contributed by atoms with van der Waals surface area (Å²) in [6.45, 7) is 8.41. The molecule has 0 unspecified atom stereocenters. The van der Waals surface area contributed by atoms with E-state index < -0.39 is 11.8 Å². The number of hydrogen-bond donors (Lipinski definition) is 0. The van der Waals surface area contributed by atoms with Gasteiger partial charge in [-0.1, -0.05) is 48.5 Å². The molecule has 3 aliphatic heterocycles. The summed E-state index contributed by atoms with van der Waals surface area (Å²) in [5.41, 5.74) is 8.59. The van der Waals surface area contributed by atoms with E-state index in [1.54, 1.807) is 59.1 Å². The first-order chi connectivity index (χ1) is 39.3. The molecule has 0 fully saturated rings. The Morgan fingerprint density at radius 1 is 0.469 bits per heavy atom. The Balaban J connectivity index is 0.000000176. The molecular weight excluding hydrogens is 1090 g/mol. The van der Waals surface area contributed by atoms with Crippen LogP contribution in [-0.4, -0.2) is 101 Å². The van der Waals surface area contributed by atoms with Crippen molar-refractivity contribution < 1.29 is 52.0 Å². The quantitative estimate of drug-likeness (QED) is 0.0362. The number of nitrogens with zero attached hydrogens (tertiary/aromatic N) is 3. The lowest BCUT2D eigenvalue weighted by Gasteiger charge is -2.18. The lowest BCUT2D eigenvalue weighted by Crippen LogP contribution is -2.28. The molecule has 6 aromatic carbocycles. The third-order valence-electron chi connectivity index (χ3n) is 13.8. The topological polar surface area (TPSA) is 141 Å². The van der Waals surface area contributed by atoms with Gasteiger partial charge in [-0.05, 0) is 153 Å². The summed E-state index contributed by atoms with van der Waals surface area (Å²) in [5.74, 6) is 3.79. The standard InChI is InChI=1S/C22H24FNO4S.C22H25NO4S.C20H23NO2S/c1-3-28-22(26)18-13-16(23)7-9-20(18)29-12-4-5-21(25)24-11-10-15-6-8-17(27-2)14-19(15)24;1-3-27-22(25)18-7-4-5-8-20(18)28-14-6-9-21(24)23-13-12-16-10-11-17(26-2)15-19(16)23;1-15-6-3-4-7-19(15)24-13-5-8-20(22)21-12-11-16-9-10-17(23-2)14-18(16)21/h6-9,13-14H,3-5,10-12H2,1-2H3;4-5,7-8,10-11,15H,3,6,9,12-14H2,1-2H3;3-4,6-7,9-10,14H,5,8,11-13H2,1-2H3. The first kappa shape index (κ1) is 61.7. The molecule has 0 saturated carbocycles. The molecule has 81 heavy (non-hydrogen) atoms. The molecule has 0 spiro atoms. The summed E-state index contributed by atoms with van der Waals surface area (Å²) < 4.78 is 39.5. The van der Waals surface area contributed by atoms with Crippen molar-refractivity contribution in [2.75, 3.05) is 86.1 Å². The van der Waals surface area contributed by atoms with Crippen LogP contribution in [0.1, 0.15) is 95.3 Å². The van der Waals surface area contributed by atoms with Crippen molar-refractivity contribution in [3.63, 3.8) is 0 Å². The number of thioether (sulfide) groups is 3. The zero-order chi connectivity index (χ0) is 57.7.